The fourth-order valence-corrected chi connectivity index (χ4v) is 1.91. The standard InChI is InChI=1S/C11H12N3O/c1-2-11-9(8-12-13-11)7-10(1)14-3-5-15-6-4-14/h1-2,7-8H,3-6H2. The molecule has 3 rings (SSSR count). The largest absolute Gasteiger partial charge is 0.378 e. The SMILES string of the molecule is C1=N[N]c2ccc(N3CCOCC3)cc21. The first-order chi connectivity index (χ1) is 7.43. The molecule has 1 fully saturated rings. The summed E-state index contributed by atoms with van der Waals surface area (Å²) in [6.45, 7) is 3.56. The second-order valence-electron chi connectivity index (χ2n) is 3.69. The highest BCUT2D eigenvalue weighted by molar-refractivity contribution is 5.90. The van der Waals surface area contributed by atoms with Crippen molar-refractivity contribution >= 4 is 17.6 Å². The molecule has 0 amide bonds. The molecule has 0 N–H and O–H groups in total. The average molecular weight is 202 g/mol. The summed E-state index contributed by atoms with van der Waals surface area (Å²) >= 11 is 0. The molecule has 15 heavy (non-hydrogen) atoms. The third-order valence-corrected chi connectivity index (χ3v) is 2.75. The van der Waals surface area contributed by atoms with E-state index in [2.05, 4.69) is 27.6 Å². The first-order valence-electron chi connectivity index (χ1n) is 5.14. The summed E-state index contributed by atoms with van der Waals surface area (Å²) in [4.78, 5) is 2.33. The Morgan fingerprint density at radius 1 is 1.20 bits per heavy atom. The van der Waals surface area contributed by atoms with Gasteiger partial charge in [0.15, 0.2) is 0 Å². The minimum atomic E-state index is 0.815. The Hall–Kier alpha value is -1.55. The lowest BCUT2D eigenvalue weighted by Crippen LogP contribution is -2.36. The van der Waals surface area contributed by atoms with Crippen molar-refractivity contribution in [2.45, 2.75) is 0 Å². The third-order valence-electron chi connectivity index (χ3n) is 2.75. The summed E-state index contributed by atoms with van der Waals surface area (Å²) in [5, 5.41) is 3.89. The van der Waals surface area contributed by atoms with Crippen LogP contribution in [0.3, 0.4) is 0 Å². The zero-order valence-electron chi connectivity index (χ0n) is 8.39. The molecule has 2 aliphatic rings. The Bertz CT molecular complexity index is 397. The smallest absolute Gasteiger partial charge is 0.0946 e. The van der Waals surface area contributed by atoms with Gasteiger partial charge in [0, 0.05) is 24.3 Å². The Balaban J connectivity index is 1.88. The summed E-state index contributed by atoms with van der Waals surface area (Å²) in [5.74, 6) is 0. The predicted octanol–water partition coefficient (Wildman–Crippen LogP) is 1.11. The number of ether oxygens (including phenoxy) is 1. The molecule has 2 aliphatic heterocycles. The number of benzene rings is 1. The van der Waals surface area contributed by atoms with Crippen LogP contribution in [-0.2, 0) is 4.74 Å². The van der Waals surface area contributed by atoms with Gasteiger partial charge in [-0.05, 0) is 18.2 Å². The van der Waals surface area contributed by atoms with E-state index < -0.39 is 0 Å². The van der Waals surface area contributed by atoms with Crippen LogP contribution in [0.15, 0.2) is 23.3 Å². The maximum Gasteiger partial charge on any atom is 0.0946 e. The number of rotatable bonds is 1. The molecular weight excluding hydrogens is 190 g/mol. The lowest BCUT2D eigenvalue weighted by molar-refractivity contribution is 0.122. The molecule has 1 saturated heterocycles. The van der Waals surface area contributed by atoms with Crippen molar-refractivity contribution in [3.63, 3.8) is 0 Å². The van der Waals surface area contributed by atoms with E-state index in [-0.39, 0.29) is 0 Å². The van der Waals surface area contributed by atoms with Crippen LogP contribution in [0.4, 0.5) is 11.4 Å². The van der Waals surface area contributed by atoms with Crippen molar-refractivity contribution in [1.82, 2.24) is 5.43 Å². The monoisotopic (exact) mass is 202 g/mol. The Morgan fingerprint density at radius 3 is 2.93 bits per heavy atom. The van der Waals surface area contributed by atoms with Gasteiger partial charge in [0.2, 0.25) is 0 Å². The zero-order chi connectivity index (χ0) is 10.1. The predicted molar refractivity (Wildman–Crippen MR) is 58.9 cm³/mol. The van der Waals surface area contributed by atoms with Crippen molar-refractivity contribution in [2.24, 2.45) is 5.10 Å². The van der Waals surface area contributed by atoms with Gasteiger partial charge >= 0.3 is 0 Å². The molecule has 0 atom stereocenters. The van der Waals surface area contributed by atoms with Crippen molar-refractivity contribution < 1.29 is 4.74 Å². The maximum absolute atomic E-state index is 5.33. The van der Waals surface area contributed by atoms with Crippen LogP contribution in [0, 0.1) is 0 Å². The number of hydrogen-bond donors (Lipinski definition) is 0. The quantitative estimate of drug-likeness (QED) is 0.684. The van der Waals surface area contributed by atoms with E-state index >= 15 is 0 Å². The van der Waals surface area contributed by atoms with E-state index in [0.29, 0.717) is 0 Å². The molecule has 2 heterocycles. The van der Waals surface area contributed by atoms with E-state index in [1.54, 1.807) is 6.21 Å². The van der Waals surface area contributed by atoms with Crippen LogP contribution >= 0.6 is 0 Å². The molecule has 77 valence electrons. The highest BCUT2D eigenvalue weighted by atomic mass is 16.5. The van der Waals surface area contributed by atoms with Gasteiger partial charge in [0.1, 0.15) is 0 Å². The van der Waals surface area contributed by atoms with Gasteiger partial charge in [-0.25, -0.2) is 0 Å². The van der Waals surface area contributed by atoms with Crippen molar-refractivity contribution in [3.05, 3.63) is 23.8 Å². The van der Waals surface area contributed by atoms with Gasteiger partial charge in [-0.1, -0.05) is 0 Å². The molecule has 0 aliphatic carbocycles. The summed E-state index contributed by atoms with van der Waals surface area (Å²) < 4.78 is 5.33. The van der Waals surface area contributed by atoms with Crippen molar-refractivity contribution in [1.29, 1.82) is 0 Å². The van der Waals surface area contributed by atoms with Crippen molar-refractivity contribution in [3.8, 4) is 0 Å². The van der Waals surface area contributed by atoms with Gasteiger partial charge in [0.05, 0.1) is 25.1 Å². The van der Waals surface area contributed by atoms with Crippen molar-refractivity contribution in [2.75, 3.05) is 31.2 Å². The van der Waals surface area contributed by atoms with Crippen LogP contribution in [0.1, 0.15) is 5.56 Å². The number of hydrogen-bond acceptors (Lipinski definition) is 3. The first kappa shape index (κ1) is 8.73. The van der Waals surface area contributed by atoms with E-state index in [1.165, 1.54) is 5.69 Å². The number of anilines is 1. The number of fused-ring (bicyclic) bond motifs is 1. The number of nitrogens with zero attached hydrogens (tertiary/aromatic N) is 3. The molecule has 0 spiro atoms. The summed E-state index contributed by atoms with van der Waals surface area (Å²) in [6, 6.07) is 6.26. The third kappa shape index (κ3) is 1.57. The molecule has 0 saturated carbocycles. The second-order valence-corrected chi connectivity index (χ2v) is 3.69. The van der Waals surface area contributed by atoms with Gasteiger partial charge in [0.25, 0.3) is 0 Å². The lowest BCUT2D eigenvalue weighted by Gasteiger charge is -2.29. The topological polar surface area (TPSA) is 38.9 Å². The minimum Gasteiger partial charge on any atom is -0.378 e. The van der Waals surface area contributed by atoms with Gasteiger partial charge in [-0.2, -0.15) is 10.5 Å². The second kappa shape index (κ2) is 3.55. The average Bonchev–Trinajstić information content (AvgIpc) is 2.77. The highest BCUT2D eigenvalue weighted by Crippen LogP contribution is 2.25. The molecule has 0 unspecified atom stereocenters. The minimum absolute atomic E-state index is 0.815. The molecule has 0 aromatic heterocycles. The van der Waals surface area contributed by atoms with Crippen LogP contribution in [0.25, 0.3) is 0 Å². The van der Waals surface area contributed by atoms with E-state index in [9.17, 15) is 0 Å². The van der Waals surface area contributed by atoms with Gasteiger partial charge < -0.3 is 9.64 Å². The van der Waals surface area contributed by atoms with E-state index in [4.69, 9.17) is 4.74 Å². The van der Waals surface area contributed by atoms with Crippen LogP contribution in [0.5, 0.6) is 0 Å². The zero-order valence-corrected chi connectivity index (χ0v) is 8.39. The highest BCUT2D eigenvalue weighted by Gasteiger charge is 2.14. The summed E-state index contributed by atoms with van der Waals surface area (Å²) in [5.41, 5.74) is 7.32. The molecule has 1 aromatic carbocycles. The first-order valence-corrected chi connectivity index (χ1v) is 5.14. The molecule has 4 heteroatoms. The number of morpholine rings is 1. The maximum atomic E-state index is 5.33. The molecule has 4 nitrogen and oxygen atoms in total. The van der Waals surface area contributed by atoms with Gasteiger partial charge in [-0.3, -0.25) is 0 Å². The molecule has 0 bridgehead atoms. The normalized spacial score (nSPS) is 18.8. The van der Waals surface area contributed by atoms with Crippen LogP contribution in [0.2, 0.25) is 0 Å². The summed E-state index contributed by atoms with van der Waals surface area (Å²) in [7, 11) is 0. The lowest BCUT2D eigenvalue weighted by atomic mass is 10.1. The Morgan fingerprint density at radius 2 is 2.07 bits per heavy atom. The Labute approximate surface area is 88.5 Å². The molecule has 1 aromatic rings. The fourth-order valence-electron chi connectivity index (χ4n) is 1.91. The van der Waals surface area contributed by atoms with Crippen LogP contribution < -0.4 is 10.3 Å². The Kier molecular flexibility index (Phi) is 2.07. The molecular formula is C11H12N3O. The van der Waals surface area contributed by atoms with E-state index in [0.717, 1.165) is 37.6 Å². The summed E-state index contributed by atoms with van der Waals surface area (Å²) in [6.07, 6.45) is 1.80. The van der Waals surface area contributed by atoms with Crippen LogP contribution in [-0.4, -0.2) is 32.5 Å². The molecule has 1 radical (unpaired) electrons. The van der Waals surface area contributed by atoms with Gasteiger partial charge in [-0.15, -0.1) is 0 Å². The fraction of sp³-hybridized carbons (Fsp3) is 0.364. The van der Waals surface area contributed by atoms with E-state index in [1.807, 2.05) is 6.07 Å².